The SMILES string of the molecule is CC12c3ccccc3[C@@]3(C)c4cc5c(cc4[C@@](C)(c4ccccc41)C23C)C1C=CC5O1. The molecule has 1 nitrogen and oxygen atoms in total. The number of rotatable bonds is 0. The van der Waals surface area contributed by atoms with Gasteiger partial charge >= 0.3 is 0 Å². The Kier molecular flexibility index (Phi) is 2.51. The average Bonchev–Trinajstić information content (AvgIpc) is 3.52. The highest BCUT2D eigenvalue weighted by Crippen LogP contribution is 2.82. The second-order valence-electron chi connectivity index (χ2n) is 11.0. The van der Waals surface area contributed by atoms with Gasteiger partial charge in [0.25, 0.3) is 0 Å². The standard InChI is InChI=1S/C30H26O/c1-27-19-9-5-7-11-21(19)28(2)23-15-17-18(26-14-13-25(17)31-26)16-24(23)29(3,30(27,28)4)22-12-8-6-10-20(22)27/h5-16,25-26H,1-4H3/t25?,26?,27?,28-,29+,30?. The lowest BCUT2D eigenvalue weighted by atomic mass is 9.52. The van der Waals surface area contributed by atoms with Crippen molar-refractivity contribution in [3.8, 4) is 0 Å². The minimum absolute atomic E-state index is 0.0190. The Morgan fingerprint density at radius 3 is 1.29 bits per heavy atom. The summed E-state index contributed by atoms with van der Waals surface area (Å²) in [6.07, 6.45) is 4.74. The Hall–Kier alpha value is -2.64. The van der Waals surface area contributed by atoms with Crippen molar-refractivity contribution in [2.24, 2.45) is 5.41 Å². The summed E-state index contributed by atoms with van der Waals surface area (Å²) >= 11 is 0. The molecular formula is C30H26O. The molecule has 0 saturated heterocycles. The predicted molar refractivity (Wildman–Crippen MR) is 123 cm³/mol. The Labute approximate surface area is 183 Å². The van der Waals surface area contributed by atoms with E-state index in [-0.39, 0.29) is 33.9 Å². The van der Waals surface area contributed by atoms with Crippen LogP contribution in [0.4, 0.5) is 0 Å². The van der Waals surface area contributed by atoms with Crippen molar-refractivity contribution in [1.82, 2.24) is 0 Å². The molecule has 2 aliphatic heterocycles. The zero-order valence-corrected chi connectivity index (χ0v) is 18.5. The van der Waals surface area contributed by atoms with Crippen LogP contribution in [-0.4, -0.2) is 0 Å². The molecule has 2 bridgehead atoms. The van der Waals surface area contributed by atoms with E-state index in [0.29, 0.717) is 0 Å². The van der Waals surface area contributed by atoms with Gasteiger partial charge in [0.2, 0.25) is 0 Å². The van der Waals surface area contributed by atoms with E-state index in [1.807, 2.05) is 0 Å². The molecule has 2 heterocycles. The van der Waals surface area contributed by atoms with Crippen molar-refractivity contribution in [3.63, 3.8) is 0 Å². The van der Waals surface area contributed by atoms with Crippen LogP contribution >= 0.6 is 0 Å². The summed E-state index contributed by atoms with van der Waals surface area (Å²) in [6.45, 7) is 10.2. The van der Waals surface area contributed by atoms with Crippen molar-refractivity contribution >= 4 is 0 Å². The smallest absolute Gasteiger partial charge is 0.102 e. The fourth-order valence-corrected chi connectivity index (χ4v) is 9.02. The highest BCUT2D eigenvalue weighted by atomic mass is 16.5. The van der Waals surface area contributed by atoms with Crippen LogP contribution in [-0.2, 0) is 21.0 Å². The van der Waals surface area contributed by atoms with Gasteiger partial charge in [-0.2, -0.15) is 0 Å². The van der Waals surface area contributed by atoms with Crippen LogP contribution in [0.5, 0.6) is 0 Å². The van der Waals surface area contributed by atoms with Gasteiger partial charge in [0, 0.05) is 21.7 Å². The zero-order chi connectivity index (χ0) is 21.0. The molecule has 0 radical (unpaired) electrons. The van der Waals surface area contributed by atoms with Crippen molar-refractivity contribution in [3.05, 3.63) is 117 Å². The quantitative estimate of drug-likeness (QED) is 0.383. The lowest BCUT2D eigenvalue weighted by molar-refractivity contribution is 0.0867. The van der Waals surface area contributed by atoms with E-state index in [0.717, 1.165) is 0 Å². The van der Waals surface area contributed by atoms with Gasteiger partial charge in [0.15, 0.2) is 0 Å². The van der Waals surface area contributed by atoms with Gasteiger partial charge in [-0.15, -0.1) is 0 Å². The summed E-state index contributed by atoms with van der Waals surface area (Å²) in [5, 5.41) is 0. The van der Waals surface area contributed by atoms with Gasteiger partial charge in [-0.05, 0) is 44.5 Å². The third-order valence-corrected chi connectivity index (χ3v) is 10.7. The van der Waals surface area contributed by atoms with Crippen molar-refractivity contribution < 1.29 is 4.74 Å². The van der Waals surface area contributed by atoms with Crippen molar-refractivity contribution in [1.29, 1.82) is 0 Å². The van der Waals surface area contributed by atoms with Gasteiger partial charge in [-0.3, -0.25) is 0 Å². The van der Waals surface area contributed by atoms with Gasteiger partial charge in [-0.1, -0.05) is 101 Å². The molecule has 0 saturated carbocycles. The lowest BCUT2D eigenvalue weighted by Gasteiger charge is -2.49. The lowest BCUT2D eigenvalue weighted by Crippen LogP contribution is -2.51. The summed E-state index contributed by atoms with van der Waals surface area (Å²) in [6, 6.07) is 23.6. The highest BCUT2D eigenvalue weighted by Gasteiger charge is 2.79. The van der Waals surface area contributed by atoms with Gasteiger partial charge < -0.3 is 4.74 Å². The molecule has 0 fully saturated rings. The van der Waals surface area contributed by atoms with E-state index in [9.17, 15) is 0 Å². The fraction of sp³-hybridized carbons (Fsp3) is 0.333. The van der Waals surface area contributed by atoms with Gasteiger partial charge in [0.05, 0.1) is 0 Å². The summed E-state index contributed by atoms with van der Waals surface area (Å²) in [4.78, 5) is 0. The first-order chi connectivity index (χ1) is 14.9. The molecule has 8 rings (SSSR count). The molecule has 0 spiro atoms. The van der Waals surface area contributed by atoms with Gasteiger partial charge in [0.1, 0.15) is 12.2 Å². The maximum absolute atomic E-state index is 6.25. The maximum atomic E-state index is 6.25. The van der Waals surface area contributed by atoms with E-state index < -0.39 is 0 Å². The Balaban J connectivity index is 1.60. The minimum Gasteiger partial charge on any atom is -0.357 e. The third-order valence-electron chi connectivity index (χ3n) is 10.7. The van der Waals surface area contributed by atoms with Crippen LogP contribution in [0.2, 0.25) is 0 Å². The first-order valence-corrected chi connectivity index (χ1v) is 11.6. The zero-order valence-electron chi connectivity index (χ0n) is 18.5. The molecule has 0 amide bonds. The summed E-state index contributed by atoms with van der Waals surface area (Å²) in [7, 11) is 0. The van der Waals surface area contributed by atoms with E-state index in [4.69, 9.17) is 4.74 Å². The van der Waals surface area contributed by atoms with E-state index in [2.05, 4.69) is 101 Å². The van der Waals surface area contributed by atoms with Crippen molar-refractivity contribution in [2.75, 3.05) is 0 Å². The number of benzene rings is 3. The first kappa shape index (κ1) is 17.0. The highest BCUT2D eigenvalue weighted by molar-refractivity contribution is 5.77. The van der Waals surface area contributed by atoms with Crippen LogP contribution in [0, 0.1) is 5.41 Å². The largest absolute Gasteiger partial charge is 0.357 e. The molecule has 0 N–H and O–H groups in total. The van der Waals surface area contributed by atoms with Crippen LogP contribution < -0.4 is 0 Å². The molecule has 5 aliphatic rings. The number of hydrogen-bond donors (Lipinski definition) is 0. The first-order valence-electron chi connectivity index (χ1n) is 11.6. The Morgan fingerprint density at radius 2 is 0.903 bits per heavy atom. The molecule has 4 unspecified atom stereocenters. The van der Waals surface area contributed by atoms with E-state index >= 15 is 0 Å². The van der Waals surface area contributed by atoms with Crippen molar-refractivity contribution in [2.45, 2.75) is 56.1 Å². The van der Waals surface area contributed by atoms with Gasteiger partial charge in [-0.25, -0.2) is 0 Å². The summed E-state index contributed by atoms with van der Waals surface area (Å²) < 4.78 is 6.25. The summed E-state index contributed by atoms with van der Waals surface area (Å²) in [5.74, 6) is 0. The molecule has 6 atom stereocenters. The molecule has 0 aromatic heterocycles. The minimum atomic E-state index is -0.0535. The molecule has 31 heavy (non-hydrogen) atoms. The van der Waals surface area contributed by atoms with Crippen LogP contribution in [0.3, 0.4) is 0 Å². The Morgan fingerprint density at radius 1 is 0.548 bits per heavy atom. The molecule has 1 heteroatoms. The Bertz CT molecular complexity index is 1300. The topological polar surface area (TPSA) is 9.23 Å². The van der Waals surface area contributed by atoms with Crippen LogP contribution in [0.15, 0.2) is 72.8 Å². The fourth-order valence-electron chi connectivity index (χ4n) is 9.02. The second-order valence-corrected chi connectivity index (χ2v) is 11.0. The number of ether oxygens (including phenoxy) is 1. The molecule has 3 aliphatic carbocycles. The molecular weight excluding hydrogens is 376 g/mol. The molecule has 152 valence electrons. The molecule has 3 aromatic carbocycles. The maximum Gasteiger partial charge on any atom is 0.102 e. The second kappa shape index (κ2) is 4.59. The normalized spacial score (nSPS) is 41.2. The number of fused-ring (bicyclic) bond motifs is 14. The van der Waals surface area contributed by atoms with Crippen LogP contribution in [0.25, 0.3) is 0 Å². The van der Waals surface area contributed by atoms with E-state index in [1.165, 1.54) is 44.5 Å². The third kappa shape index (κ3) is 1.32. The average molecular weight is 403 g/mol. The van der Waals surface area contributed by atoms with E-state index in [1.54, 1.807) is 0 Å². The molecule has 3 aromatic rings. The van der Waals surface area contributed by atoms with Crippen LogP contribution in [0.1, 0.15) is 84.4 Å². The predicted octanol–water partition coefficient (Wildman–Crippen LogP) is 6.63. The summed E-state index contributed by atoms with van der Waals surface area (Å²) in [5.41, 5.74) is 11.8. The monoisotopic (exact) mass is 402 g/mol. The number of hydrogen-bond acceptors (Lipinski definition) is 1.